The van der Waals surface area contributed by atoms with E-state index in [0.29, 0.717) is 0 Å². The molecule has 6 heteroatoms. The molecule has 25 heavy (non-hydrogen) atoms. The second kappa shape index (κ2) is 7.61. The second-order valence-electron chi connectivity index (χ2n) is 5.44. The fourth-order valence-corrected chi connectivity index (χ4v) is 2.45. The van der Waals surface area contributed by atoms with Gasteiger partial charge >= 0.3 is 0 Å². The molecule has 0 bridgehead atoms. The molecule has 0 aliphatic rings. The van der Waals surface area contributed by atoms with Crippen molar-refractivity contribution in [2.45, 2.75) is 13.0 Å². The number of amides is 1. The van der Waals surface area contributed by atoms with Crippen LogP contribution in [0.4, 0.5) is 8.78 Å². The number of carbonyl (C=O) groups is 1. The number of carbonyl (C=O) groups excluding carboxylic acids is 1. The summed E-state index contributed by atoms with van der Waals surface area (Å²) in [4.78, 5) is 20.4. The summed E-state index contributed by atoms with van der Waals surface area (Å²) in [6.07, 6.45) is 4.86. The maximum absolute atomic E-state index is 13.6. The maximum atomic E-state index is 13.6. The highest BCUT2D eigenvalue weighted by Gasteiger charge is 2.11. The predicted octanol–water partition coefficient (Wildman–Crippen LogP) is 3.28. The fraction of sp³-hybridized carbons (Fsp3) is 0.105. The Morgan fingerprint density at radius 1 is 1.00 bits per heavy atom. The number of aromatic nitrogens is 2. The van der Waals surface area contributed by atoms with Crippen LogP contribution in [0.1, 0.15) is 11.1 Å². The summed E-state index contributed by atoms with van der Waals surface area (Å²) in [6.45, 7) is 0.257. The highest BCUT2D eigenvalue weighted by Crippen LogP contribution is 2.20. The van der Waals surface area contributed by atoms with Gasteiger partial charge in [0.1, 0.15) is 11.6 Å². The average Bonchev–Trinajstić information content (AvgIpc) is 2.63. The minimum Gasteiger partial charge on any atom is -0.352 e. The van der Waals surface area contributed by atoms with E-state index in [1.54, 1.807) is 24.7 Å². The molecule has 1 aromatic carbocycles. The van der Waals surface area contributed by atoms with Gasteiger partial charge in [-0.3, -0.25) is 14.8 Å². The van der Waals surface area contributed by atoms with E-state index in [0.717, 1.165) is 29.0 Å². The molecule has 0 radical (unpaired) electrons. The first kappa shape index (κ1) is 16.7. The number of benzene rings is 1. The molecule has 0 aliphatic heterocycles. The lowest BCUT2D eigenvalue weighted by Gasteiger charge is -2.10. The first-order valence-corrected chi connectivity index (χ1v) is 7.68. The third-order valence-electron chi connectivity index (χ3n) is 3.69. The van der Waals surface area contributed by atoms with E-state index in [-0.39, 0.29) is 24.4 Å². The van der Waals surface area contributed by atoms with Crippen LogP contribution in [0.2, 0.25) is 0 Å². The minimum absolute atomic E-state index is 0.152. The molecule has 1 amide bonds. The Hall–Kier alpha value is -3.15. The van der Waals surface area contributed by atoms with Crippen LogP contribution >= 0.6 is 0 Å². The number of nitrogens with one attached hydrogen (secondary N) is 1. The maximum Gasteiger partial charge on any atom is 0.224 e. The lowest BCUT2D eigenvalue weighted by molar-refractivity contribution is -0.120. The minimum atomic E-state index is -0.728. The molecule has 3 aromatic rings. The monoisotopic (exact) mass is 339 g/mol. The number of halogens is 2. The molecule has 0 atom stereocenters. The molecule has 2 heterocycles. The Morgan fingerprint density at radius 3 is 2.56 bits per heavy atom. The molecule has 0 fully saturated rings. The van der Waals surface area contributed by atoms with Crippen molar-refractivity contribution in [3.63, 3.8) is 0 Å². The first-order chi connectivity index (χ1) is 12.1. The van der Waals surface area contributed by atoms with Crippen LogP contribution in [-0.2, 0) is 17.8 Å². The van der Waals surface area contributed by atoms with Gasteiger partial charge in [0.05, 0.1) is 12.1 Å². The zero-order chi connectivity index (χ0) is 17.6. The molecular formula is C19H15F2N3O. The van der Waals surface area contributed by atoms with Crippen molar-refractivity contribution in [1.82, 2.24) is 15.3 Å². The molecule has 0 unspecified atom stereocenters. The highest BCUT2D eigenvalue weighted by molar-refractivity contribution is 5.78. The van der Waals surface area contributed by atoms with Crippen LogP contribution in [0.5, 0.6) is 0 Å². The molecule has 0 saturated heterocycles. The zero-order valence-electron chi connectivity index (χ0n) is 13.2. The smallest absolute Gasteiger partial charge is 0.224 e. The molecule has 1 N–H and O–H groups in total. The van der Waals surface area contributed by atoms with Gasteiger partial charge in [-0.1, -0.05) is 12.1 Å². The van der Waals surface area contributed by atoms with E-state index in [1.807, 2.05) is 18.2 Å². The van der Waals surface area contributed by atoms with Crippen LogP contribution in [0, 0.1) is 11.6 Å². The average molecular weight is 339 g/mol. The molecule has 0 aliphatic carbocycles. The summed E-state index contributed by atoms with van der Waals surface area (Å²) in [7, 11) is 0. The number of hydrogen-bond acceptors (Lipinski definition) is 3. The molecule has 126 valence electrons. The Labute approximate surface area is 143 Å². The zero-order valence-corrected chi connectivity index (χ0v) is 13.2. The summed E-state index contributed by atoms with van der Waals surface area (Å²) < 4.78 is 26.5. The standard InChI is InChI=1S/C19H15F2N3O/c20-16-4-3-14(17(21)11-16)10-18(25)24-12-15-2-1-7-23-19(15)13-5-8-22-9-6-13/h1-9,11H,10,12H2,(H,24,25). The Morgan fingerprint density at radius 2 is 1.80 bits per heavy atom. The SMILES string of the molecule is O=C(Cc1ccc(F)cc1F)NCc1cccnc1-c1ccncc1. The Bertz CT molecular complexity index is 885. The van der Waals surface area contributed by atoms with Crippen molar-refractivity contribution in [3.8, 4) is 11.3 Å². The summed E-state index contributed by atoms with van der Waals surface area (Å²) in [6, 6.07) is 10.5. The summed E-state index contributed by atoms with van der Waals surface area (Å²) >= 11 is 0. The first-order valence-electron chi connectivity index (χ1n) is 7.68. The Balaban J connectivity index is 1.69. The molecular weight excluding hydrogens is 324 g/mol. The third kappa shape index (κ3) is 4.23. The number of nitrogens with zero attached hydrogens (tertiary/aromatic N) is 2. The van der Waals surface area contributed by atoms with Gasteiger partial charge in [-0.15, -0.1) is 0 Å². The lowest BCUT2D eigenvalue weighted by atomic mass is 10.1. The van der Waals surface area contributed by atoms with Crippen LogP contribution in [-0.4, -0.2) is 15.9 Å². The molecule has 4 nitrogen and oxygen atoms in total. The van der Waals surface area contributed by atoms with Gasteiger partial charge in [-0.25, -0.2) is 8.78 Å². The molecule has 2 aromatic heterocycles. The van der Waals surface area contributed by atoms with Crippen molar-refractivity contribution < 1.29 is 13.6 Å². The predicted molar refractivity (Wildman–Crippen MR) is 89.4 cm³/mol. The van der Waals surface area contributed by atoms with Gasteiger partial charge in [0.2, 0.25) is 5.91 Å². The van der Waals surface area contributed by atoms with Crippen LogP contribution < -0.4 is 5.32 Å². The number of rotatable bonds is 5. The molecule has 3 rings (SSSR count). The Kier molecular flexibility index (Phi) is 5.09. The van der Waals surface area contributed by atoms with Gasteiger partial charge in [-0.05, 0) is 35.4 Å². The summed E-state index contributed by atoms with van der Waals surface area (Å²) in [5, 5.41) is 2.74. The van der Waals surface area contributed by atoms with Gasteiger partial charge < -0.3 is 5.32 Å². The molecule has 0 saturated carbocycles. The lowest BCUT2D eigenvalue weighted by Crippen LogP contribution is -2.25. The quantitative estimate of drug-likeness (QED) is 0.776. The van der Waals surface area contributed by atoms with Gasteiger partial charge in [-0.2, -0.15) is 0 Å². The number of hydrogen-bond donors (Lipinski definition) is 1. The van der Waals surface area contributed by atoms with E-state index >= 15 is 0 Å². The third-order valence-corrected chi connectivity index (χ3v) is 3.69. The van der Waals surface area contributed by atoms with Crippen molar-refractivity contribution in [2.75, 3.05) is 0 Å². The topological polar surface area (TPSA) is 54.9 Å². The second-order valence-corrected chi connectivity index (χ2v) is 5.44. The van der Waals surface area contributed by atoms with Gasteiger partial charge in [0.15, 0.2) is 0 Å². The summed E-state index contributed by atoms with van der Waals surface area (Å²) in [5.41, 5.74) is 2.63. The normalized spacial score (nSPS) is 10.5. The van der Waals surface area contributed by atoms with E-state index < -0.39 is 11.6 Å². The van der Waals surface area contributed by atoms with Crippen LogP contribution in [0.15, 0.2) is 61.1 Å². The van der Waals surface area contributed by atoms with Crippen molar-refractivity contribution >= 4 is 5.91 Å². The van der Waals surface area contributed by atoms with Gasteiger partial charge in [0, 0.05) is 36.8 Å². The van der Waals surface area contributed by atoms with Crippen molar-refractivity contribution in [2.24, 2.45) is 0 Å². The fourth-order valence-electron chi connectivity index (χ4n) is 2.45. The van der Waals surface area contributed by atoms with E-state index in [9.17, 15) is 13.6 Å². The number of pyridine rings is 2. The van der Waals surface area contributed by atoms with Crippen LogP contribution in [0.3, 0.4) is 0 Å². The largest absolute Gasteiger partial charge is 0.352 e. The highest BCUT2D eigenvalue weighted by atomic mass is 19.1. The van der Waals surface area contributed by atoms with E-state index in [4.69, 9.17) is 0 Å². The summed E-state index contributed by atoms with van der Waals surface area (Å²) in [5.74, 6) is -1.75. The van der Waals surface area contributed by atoms with Crippen molar-refractivity contribution in [3.05, 3.63) is 83.8 Å². The van der Waals surface area contributed by atoms with Crippen LogP contribution in [0.25, 0.3) is 11.3 Å². The van der Waals surface area contributed by atoms with E-state index in [2.05, 4.69) is 15.3 Å². The van der Waals surface area contributed by atoms with Gasteiger partial charge in [0.25, 0.3) is 0 Å². The molecule has 0 spiro atoms. The van der Waals surface area contributed by atoms with E-state index in [1.165, 1.54) is 6.07 Å². The van der Waals surface area contributed by atoms with Crippen molar-refractivity contribution in [1.29, 1.82) is 0 Å².